The van der Waals surface area contributed by atoms with Crippen LogP contribution in [-0.4, -0.2) is 48.7 Å². The molecule has 2 aromatic carbocycles. The number of benzene rings is 2. The van der Waals surface area contributed by atoms with E-state index in [9.17, 15) is 4.79 Å². The molecule has 0 aromatic heterocycles. The minimum atomic E-state index is -0.239. The van der Waals surface area contributed by atoms with Crippen LogP contribution in [0, 0.1) is 0 Å². The van der Waals surface area contributed by atoms with Gasteiger partial charge in [0.15, 0.2) is 0 Å². The number of hydrogen-bond acceptors (Lipinski definition) is 4. The molecule has 1 saturated heterocycles. The standard InChI is InChI=1S/C22H26N2O3/c1-3-26-22(25)23(2)16-9-8-14-24(15-16)21-17-10-4-6-12-19(17)27-20-13-7-5-11-18(20)21/h4-7,10-13,16,21H,3,8-9,14-15H2,1-2H3. The van der Waals surface area contributed by atoms with E-state index in [2.05, 4.69) is 29.2 Å². The molecular formula is C22H26N2O3. The quantitative estimate of drug-likeness (QED) is 0.806. The predicted molar refractivity (Wildman–Crippen MR) is 104 cm³/mol. The summed E-state index contributed by atoms with van der Waals surface area (Å²) in [7, 11) is 1.85. The molecule has 0 bridgehead atoms. The highest BCUT2D eigenvalue weighted by Gasteiger charge is 2.36. The van der Waals surface area contributed by atoms with E-state index in [1.807, 2.05) is 38.2 Å². The summed E-state index contributed by atoms with van der Waals surface area (Å²) in [6, 6.07) is 16.8. The van der Waals surface area contributed by atoms with Crippen LogP contribution in [0.1, 0.15) is 36.9 Å². The van der Waals surface area contributed by atoms with Crippen molar-refractivity contribution in [2.24, 2.45) is 0 Å². The Balaban J connectivity index is 1.64. The molecule has 1 atom stereocenters. The topological polar surface area (TPSA) is 42.0 Å². The second kappa shape index (κ2) is 7.61. The number of rotatable bonds is 3. The van der Waals surface area contributed by atoms with Crippen LogP contribution in [0.25, 0.3) is 0 Å². The highest BCUT2D eigenvalue weighted by molar-refractivity contribution is 5.67. The minimum absolute atomic E-state index is 0.143. The average Bonchev–Trinajstić information content (AvgIpc) is 2.71. The Labute approximate surface area is 160 Å². The molecule has 142 valence electrons. The van der Waals surface area contributed by atoms with Gasteiger partial charge in [-0.1, -0.05) is 36.4 Å². The molecule has 0 spiro atoms. The van der Waals surface area contributed by atoms with Crippen LogP contribution >= 0.6 is 0 Å². The average molecular weight is 366 g/mol. The van der Waals surface area contributed by atoms with Crippen molar-refractivity contribution in [3.8, 4) is 11.5 Å². The molecule has 2 aliphatic heterocycles. The van der Waals surface area contributed by atoms with Gasteiger partial charge in [-0.15, -0.1) is 0 Å². The number of fused-ring (bicyclic) bond motifs is 2. The van der Waals surface area contributed by atoms with Gasteiger partial charge in [0.2, 0.25) is 0 Å². The van der Waals surface area contributed by atoms with E-state index in [1.165, 1.54) is 11.1 Å². The Hall–Kier alpha value is -2.53. The van der Waals surface area contributed by atoms with Gasteiger partial charge in [0.1, 0.15) is 11.5 Å². The van der Waals surface area contributed by atoms with Crippen molar-refractivity contribution in [2.45, 2.75) is 31.8 Å². The molecule has 0 aliphatic carbocycles. The minimum Gasteiger partial charge on any atom is -0.457 e. The summed E-state index contributed by atoms with van der Waals surface area (Å²) in [5, 5.41) is 0. The lowest BCUT2D eigenvalue weighted by atomic mass is 9.91. The summed E-state index contributed by atoms with van der Waals surface area (Å²) in [6.07, 6.45) is 1.81. The van der Waals surface area contributed by atoms with Gasteiger partial charge >= 0.3 is 6.09 Å². The highest BCUT2D eigenvalue weighted by Crippen LogP contribution is 2.46. The van der Waals surface area contributed by atoms with Crippen molar-refractivity contribution < 1.29 is 14.3 Å². The lowest BCUT2D eigenvalue weighted by Gasteiger charge is -2.43. The third kappa shape index (κ3) is 3.39. The fourth-order valence-corrected chi connectivity index (χ4v) is 4.19. The van der Waals surface area contributed by atoms with Gasteiger partial charge in [0.05, 0.1) is 12.6 Å². The lowest BCUT2D eigenvalue weighted by Crippen LogP contribution is -2.50. The zero-order chi connectivity index (χ0) is 18.8. The van der Waals surface area contributed by atoms with Crippen molar-refractivity contribution in [2.75, 3.05) is 26.7 Å². The second-order valence-electron chi connectivity index (χ2n) is 7.18. The van der Waals surface area contributed by atoms with Gasteiger partial charge in [-0.05, 0) is 38.4 Å². The van der Waals surface area contributed by atoms with Crippen molar-refractivity contribution in [1.82, 2.24) is 9.80 Å². The first kappa shape index (κ1) is 17.9. The Morgan fingerprint density at radius 1 is 1.15 bits per heavy atom. The zero-order valence-electron chi connectivity index (χ0n) is 15.9. The molecule has 27 heavy (non-hydrogen) atoms. The molecule has 1 amide bonds. The van der Waals surface area contributed by atoms with Crippen LogP contribution in [0.2, 0.25) is 0 Å². The fourth-order valence-electron chi connectivity index (χ4n) is 4.19. The third-order valence-electron chi connectivity index (χ3n) is 5.54. The number of carbonyl (C=O) groups excluding carboxylic acids is 1. The van der Waals surface area contributed by atoms with Gasteiger partial charge in [-0.3, -0.25) is 4.90 Å². The van der Waals surface area contributed by atoms with E-state index in [-0.39, 0.29) is 18.2 Å². The summed E-state index contributed by atoms with van der Waals surface area (Å²) in [4.78, 5) is 16.4. The van der Waals surface area contributed by atoms with Crippen LogP contribution in [0.15, 0.2) is 48.5 Å². The SMILES string of the molecule is CCOC(=O)N(C)C1CCCN(C2c3ccccc3Oc3ccccc32)C1. The molecule has 5 nitrogen and oxygen atoms in total. The van der Waals surface area contributed by atoms with Crippen LogP contribution in [-0.2, 0) is 4.74 Å². The maximum Gasteiger partial charge on any atom is 0.409 e. The number of nitrogens with zero attached hydrogens (tertiary/aromatic N) is 2. The monoisotopic (exact) mass is 366 g/mol. The van der Waals surface area contributed by atoms with Gasteiger partial charge < -0.3 is 14.4 Å². The normalized spacial score (nSPS) is 19.6. The Kier molecular flexibility index (Phi) is 5.03. The van der Waals surface area contributed by atoms with Crippen molar-refractivity contribution >= 4 is 6.09 Å². The molecule has 0 saturated carbocycles. The maximum atomic E-state index is 12.2. The van der Waals surface area contributed by atoms with Crippen LogP contribution in [0.5, 0.6) is 11.5 Å². The predicted octanol–water partition coefficient (Wildman–Crippen LogP) is 4.43. The van der Waals surface area contributed by atoms with E-state index in [4.69, 9.17) is 9.47 Å². The maximum absolute atomic E-state index is 12.2. The number of ether oxygens (including phenoxy) is 2. The van der Waals surface area contributed by atoms with Crippen LogP contribution in [0.3, 0.4) is 0 Å². The smallest absolute Gasteiger partial charge is 0.409 e. The largest absolute Gasteiger partial charge is 0.457 e. The van der Waals surface area contributed by atoms with Crippen molar-refractivity contribution in [3.05, 3.63) is 59.7 Å². The molecule has 5 heteroatoms. The first-order chi connectivity index (χ1) is 13.2. The zero-order valence-corrected chi connectivity index (χ0v) is 15.9. The number of likely N-dealkylation sites (tertiary alicyclic amines) is 1. The molecule has 2 aromatic rings. The van der Waals surface area contributed by atoms with Gasteiger partial charge in [-0.25, -0.2) is 4.79 Å². The highest BCUT2D eigenvalue weighted by atomic mass is 16.6. The molecule has 0 radical (unpaired) electrons. The first-order valence-corrected chi connectivity index (χ1v) is 9.68. The molecule has 4 rings (SSSR count). The second-order valence-corrected chi connectivity index (χ2v) is 7.18. The lowest BCUT2D eigenvalue weighted by molar-refractivity contribution is 0.0660. The van der Waals surface area contributed by atoms with Crippen LogP contribution < -0.4 is 4.74 Å². The number of likely N-dealkylation sites (N-methyl/N-ethyl adjacent to an activating group) is 1. The molecule has 2 aliphatic rings. The number of para-hydroxylation sites is 2. The molecular weight excluding hydrogens is 340 g/mol. The number of amides is 1. The van der Waals surface area contributed by atoms with Crippen molar-refractivity contribution in [3.63, 3.8) is 0 Å². The number of piperidine rings is 1. The summed E-state index contributed by atoms with van der Waals surface area (Å²) in [5.41, 5.74) is 2.38. The Morgan fingerprint density at radius 3 is 2.41 bits per heavy atom. The van der Waals surface area contributed by atoms with E-state index in [0.717, 1.165) is 37.4 Å². The van der Waals surface area contributed by atoms with Gasteiger partial charge in [0, 0.05) is 30.8 Å². The van der Waals surface area contributed by atoms with Gasteiger partial charge in [-0.2, -0.15) is 0 Å². The first-order valence-electron chi connectivity index (χ1n) is 9.68. The Bertz CT molecular complexity index is 777. The number of hydrogen-bond donors (Lipinski definition) is 0. The molecule has 0 N–H and O–H groups in total. The Morgan fingerprint density at radius 2 is 1.78 bits per heavy atom. The summed E-state index contributed by atoms with van der Waals surface area (Å²) < 4.78 is 11.3. The van der Waals surface area contributed by atoms with Gasteiger partial charge in [0.25, 0.3) is 0 Å². The van der Waals surface area contributed by atoms with E-state index in [1.54, 1.807) is 4.90 Å². The summed E-state index contributed by atoms with van der Waals surface area (Å²) >= 11 is 0. The molecule has 2 heterocycles. The third-order valence-corrected chi connectivity index (χ3v) is 5.54. The number of carbonyl (C=O) groups is 1. The molecule has 1 fully saturated rings. The van der Waals surface area contributed by atoms with Crippen molar-refractivity contribution in [1.29, 1.82) is 0 Å². The fraction of sp³-hybridized carbons (Fsp3) is 0.409. The van der Waals surface area contributed by atoms with E-state index < -0.39 is 0 Å². The summed E-state index contributed by atoms with van der Waals surface area (Å²) in [6.45, 7) is 4.07. The van der Waals surface area contributed by atoms with E-state index in [0.29, 0.717) is 6.61 Å². The van der Waals surface area contributed by atoms with Crippen LogP contribution in [0.4, 0.5) is 4.79 Å². The molecule has 1 unspecified atom stereocenters. The van der Waals surface area contributed by atoms with E-state index >= 15 is 0 Å². The summed E-state index contributed by atoms with van der Waals surface area (Å²) in [5.74, 6) is 1.84.